The van der Waals surface area contributed by atoms with Crippen LogP contribution in [0, 0.1) is 0 Å². The van der Waals surface area contributed by atoms with Gasteiger partial charge in [-0.2, -0.15) is 0 Å². The Bertz CT molecular complexity index is 407. The van der Waals surface area contributed by atoms with Gasteiger partial charge in [-0.05, 0) is 18.2 Å². The second-order valence-corrected chi connectivity index (χ2v) is 4.73. The predicted molar refractivity (Wildman–Crippen MR) is 64.5 cm³/mol. The monoisotopic (exact) mass is 261 g/mol. The van der Waals surface area contributed by atoms with Crippen molar-refractivity contribution in [2.24, 2.45) is 0 Å². The Kier molecular flexibility index (Phi) is 3.05. The summed E-state index contributed by atoms with van der Waals surface area (Å²) < 4.78 is 5.90. The molecule has 1 unspecified atom stereocenters. The number of nitrogens with one attached hydrogen (secondary N) is 1. The van der Waals surface area contributed by atoms with Crippen LogP contribution in [0.4, 0.5) is 0 Å². The number of rotatable bonds is 0. The van der Waals surface area contributed by atoms with E-state index in [9.17, 15) is 5.11 Å². The molecule has 2 aliphatic rings. The van der Waals surface area contributed by atoms with Crippen LogP contribution in [0.2, 0.25) is 5.02 Å². The third-order valence-corrected chi connectivity index (χ3v) is 3.35. The minimum atomic E-state index is -0.463. The molecule has 2 N–H and O–H groups in total. The fourth-order valence-electron chi connectivity index (χ4n) is 2.23. The van der Waals surface area contributed by atoms with E-state index in [1.807, 2.05) is 6.07 Å². The second kappa shape index (κ2) is 4.08. The van der Waals surface area contributed by atoms with Crippen molar-refractivity contribution in [1.82, 2.24) is 5.32 Å². The van der Waals surface area contributed by atoms with E-state index in [0.29, 0.717) is 11.4 Å². The highest BCUT2D eigenvalue weighted by Crippen LogP contribution is 2.42. The molecule has 2 heterocycles. The van der Waals surface area contributed by atoms with Gasteiger partial charge in [0.1, 0.15) is 11.4 Å². The summed E-state index contributed by atoms with van der Waals surface area (Å²) in [6.07, 6.45) is 0.183. The molecule has 0 bridgehead atoms. The van der Waals surface area contributed by atoms with Crippen molar-refractivity contribution in [3.05, 3.63) is 28.8 Å². The van der Waals surface area contributed by atoms with Crippen molar-refractivity contribution in [3.63, 3.8) is 0 Å². The molecule has 1 saturated heterocycles. The molecule has 1 atom stereocenters. The zero-order chi connectivity index (χ0) is 10.5. The van der Waals surface area contributed by atoms with Crippen molar-refractivity contribution in [1.29, 1.82) is 0 Å². The van der Waals surface area contributed by atoms with Gasteiger partial charge in [-0.15, -0.1) is 12.4 Å². The Morgan fingerprint density at radius 1 is 1.44 bits per heavy atom. The van der Waals surface area contributed by atoms with Crippen molar-refractivity contribution in [3.8, 4) is 5.75 Å². The maximum atomic E-state index is 10.0. The van der Waals surface area contributed by atoms with Crippen molar-refractivity contribution >= 4 is 24.0 Å². The number of aliphatic hydroxyl groups is 1. The summed E-state index contributed by atoms with van der Waals surface area (Å²) in [5.41, 5.74) is 0.611. The van der Waals surface area contributed by atoms with E-state index in [-0.39, 0.29) is 18.0 Å². The van der Waals surface area contributed by atoms with Gasteiger partial charge in [0.2, 0.25) is 0 Å². The van der Waals surface area contributed by atoms with Crippen molar-refractivity contribution in [2.75, 3.05) is 13.1 Å². The summed E-state index contributed by atoms with van der Waals surface area (Å²) in [7, 11) is 0. The van der Waals surface area contributed by atoms with Crippen LogP contribution < -0.4 is 10.1 Å². The molecular formula is C11H13Cl2NO2. The molecule has 3 rings (SSSR count). The number of hydrogen-bond donors (Lipinski definition) is 2. The zero-order valence-electron chi connectivity index (χ0n) is 8.57. The molecule has 88 valence electrons. The number of benzene rings is 1. The summed E-state index contributed by atoms with van der Waals surface area (Å²) in [4.78, 5) is 0. The zero-order valence-corrected chi connectivity index (χ0v) is 10.1. The molecule has 1 spiro atoms. The van der Waals surface area contributed by atoms with Crippen LogP contribution in [-0.4, -0.2) is 23.8 Å². The fraction of sp³-hybridized carbons (Fsp3) is 0.455. The molecule has 0 aliphatic carbocycles. The molecule has 3 nitrogen and oxygen atoms in total. The van der Waals surface area contributed by atoms with Crippen LogP contribution in [0.15, 0.2) is 18.2 Å². The molecule has 5 heteroatoms. The average molecular weight is 262 g/mol. The van der Waals surface area contributed by atoms with E-state index in [1.54, 1.807) is 12.1 Å². The van der Waals surface area contributed by atoms with Gasteiger partial charge in [0.15, 0.2) is 0 Å². The topological polar surface area (TPSA) is 41.5 Å². The molecule has 1 aromatic rings. The summed E-state index contributed by atoms with van der Waals surface area (Å²) in [6.45, 7) is 1.62. The van der Waals surface area contributed by atoms with Crippen LogP contribution in [0.1, 0.15) is 18.1 Å². The lowest BCUT2D eigenvalue weighted by Crippen LogP contribution is -2.64. The van der Waals surface area contributed by atoms with Gasteiger partial charge in [0.05, 0.1) is 6.10 Å². The number of ether oxygens (including phenoxy) is 1. The molecule has 0 saturated carbocycles. The minimum Gasteiger partial charge on any atom is -0.484 e. The van der Waals surface area contributed by atoms with Gasteiger partial charge in [-0.3, -0.25) is 0 Å². The normalized spacial score (nSPS) is 25.0. The van der Waals surface area contributed by atoms with Gasteiger partial charge >= 0.3 is 0 Å². The van der Waals surface area contributed by atoms with Gasteiger partial charge in [0, 0.05) is 30.1 Å². The van der Waals surface area contributed by atoms with E-state index in [4.69, 9.17) is 16.3 Å². The Balaban J connectivity index is 0.000000963. The summed E-state index contributed by atoms with van der Waals surface area (Å²) in [5.74, 6) is 0.764. The van der Waals surface area contributed by atoms with Crippen LogP contribution in [0.25, 0.3) is 0 Å². The average Bonchev–Trinajstić information content (AvgIpc) is 2.16. The Morgan fingerprint density at radius 3 is 2.81 bits per heavy atom. The van der Waals surface area contributed by atoms with Crippen LogP contribution in [-0.2, 0) is 0 Å². The van der Waals surface area contributed by atoms with Crippen LogP contribution in [0.3, 0.4) is 0 Å². The smallest absolute Gasteiger partial charge is 0.136 e. The first-order valence-electron chi connectivity index (χ1n) is 5.06. The Labute approximate surface area is 105 Å². The molecule has 2 aliphatic heterocycles. The minimum absolute atomic E-state index is 0. The molecule has 1 fully saturated rings. The van der Waals surface area contributed by atoms with Gasteiger partial charge in [-0.1, -0.05) is 11.6 Å². The summed E-state index contributed by atoms with van der Waals surface area (Å²) in [5, 5.41) is 13.8. The van der Waals surface area contributed by atoms with Crippen LogP contribution in [0.5, 0.6) is 5.75 Å². The number of aliphatic hydroxyl groups excluding tert-OH is 1. The van der Waals surface area contributed by atoms with Gasteiger partial charge < -0.3 is 15.2 Å². The van der Waals surface area contributed by atoms with E-state index >= 15 is 0 Å². The lowest BCUT2D eigenvalue weighted by molar-refractivity contribution is -0.0482. The quantitative estimate of drug-likeness (QED) is 0.750. The molecular weight excluding hydrogens is 249 g/mol. The maximum absolute atomic E-state index is 10.0. The largest absolute Gasteiger partial charge is 0.484 e. The number of halogens is 2. The SMILES string of the molecule is Cl.OC1CC2(CNC2)Oc2ccc(Cl)cc21. The Morgan fingerprint density at radius 2 is 2.19 bits per heavy atom. The van der Waals surface area contributed by atoms with Gasteiger partial charge in [0.25, 0.3) is 0 Å². The third-order valence-electron chi connectivity index (χ3n) is 3.12. The molecule has 1 aromatic carbocycles. The fourth-order valence-corrected chi connectivity index (χ4v) is 2.41. The molecule has 0 radical (unpaired) electrons. The number of fused-ring (bicyclic) bond motifs is 1. The first kappa shape index (κ1) is 12.0. The lowest BCUT2D eigenvalue weighted by atomic mass is 9.84. The first-order chi connectivity index (χ1) is 7.19. The lowest BCUT2D eigenvalue weighted by Gasteiger charge is -2.47. The Hall–Kier alpha value is -0.480. The van der Waals surface area contributed by atoms with Gasteiger partial charge in [-0.25, -0.2) is 0 Å². The summed E-state index contributed by atoms with van der Waals surface area (Å²) >= 11 is 5.88. The highest BCUT2D eigenvalue weighted by molar-refractivity contribution is 6.30. The summed E-state index contributed by atoms with van der Waals surface area (Å²) in [6, 6.07) is 5.40. The van der Waals surface area contributed by atoms with E-state index in [0.717, 1.165) is 24.4 Å². The highest BCUT2D eigenvalue weighted by Gasteiger charge is 2.45. The van der Waals surface area contributed by atoms with Crippen molar-refractivity contribution < 1.29 is 9.84 Å². The van der Waals surface area contributed by atoms with E-state index < -0.39 is 6.10 Å². The molecule has 0 amide bonds. The van der Waals surface area contributed by atoms with E-state index in [1.165, 1.54) is 0 Å². The second-order valence-electron chi connectivity index (χ2n) is 4.29. The highest BCUT2D eigenvalue weighted by atomic mass is 35.5. The maximum Gasteiger partial charge on any atom is 0.136 e. The molecule has 16 heavy (non-hydrogen) atoms. The predicted octanol–water partition coefficient (Wildman–Crippen LogP) is 1.92. The van der Waals surface area contributed by atoms with Crippen LogP contribution >= 0.6 is 24.0 Å². The third kappa shape index (κ3) is 1.78. The first-order valence-corrected chi connectivity index (χ1v) is 5.44. The van der Waals surface area contributed by atoms with Crippen molar-refractivity contribution in [2.45, 2.75) is 18.1 Å². The standard InChI is InChI=1S/C11H12ClNO2.ClH/c12-7-1-2-10-8(3-7)9(14)4-11(15-10)5-13-6-11;/h1-3,9,13-14H,4-6H2;1H. The molecule has 0 aromatic heterocycles. The van der Waals surface area contributed by atoms with E-state index in [2.05, 4.69) is 5.32 Å². The number of hydrogen-bond acceptors (Lipinski definition) is 3.